The molecule has 0 aliphatic rings. The highest BCUT2D eigenvalue weighted by Gasteiger charge is 2.22. The monoisotopic (exact) mass is 452 g/mol. The van der Waals surface area contributed by atoms with Gasteiger partial charge < -0.3 is 0 Å². The minimum atomic E-state index is -3.72. The molecule has 1 heterocycles. The molecule has 32 heavy (non-hydrogen) atoms. The molecule has 0 bridgehead atoms. The van der Waals surface area contributed by atoms with Crippen LogP contribution in [0.25, 0.3) is 10.9 Å². The van der Waals surface area contributed by atoms with E-state index in [0.717, 1.165) is 23.8 Å². The van der Waals surface area contributed by atoms with Crippen LogP contribution >= 0.6 is 0 Å². The summed E-state index contributed by atoms with van der Waals surface area (Å²) in [5, 5.41) is 0.907. The number of pyridine rings is 1. The first-order valence-corrected chi connectivity index (χ1v) is 13.5. The van der Waals surface area contributed by atoms with Crippen molar-refractivity contribution in [3.8, 4) is 0 Å². The zero-order valence-electron chi connectivity index (χ0n) is 19.4. The molecule has 172 valence electrons. The van der Waals surface area contributed by atoms with Crippen LogP contribution in [0.2, 0.25) is 0 Å². The Kier molecular flexibility index (Phi) is 9.10. The minimum absolute atomic E-state index is 0.188. The number of nitrogens with one attached hydrogen (secondary N) is 1. The highest BCUT2D eigenvalue weighted by atomic mass is 32.2. The van der Waals surface area contributed by atoms with Gasteiger partial charge in [-0.3, -0.25) is 9.71 Å². The highest BCUT2D eigenvalue weighted by molar-refractivity contribution is 7.92. The average Bonchev–Trinajstić information content (AvgIpc) is 2.81. The number of hydrogen-bond acceptors (Lipinski definition) is 3. The summed E-state index contributed by atoms with van der Waals surface area (Å²) in [7, 11) is -3.72. The third kappa shape index (κ3) is 6.55. The van der Waals surface area contributed by atoms with E-state index in [2.05, 4.69) is 23.6 Å². The number of sulfonamides is 1. The van der Waals surface area contributed by atoms with Crippen molar-refractivity contribution in [1.29, 1.82) is 0 Å². The highest BCUT2D eigenvalue weighted by Crippen LogP contribution is 2.30. The lowest BCUT2D eigenvalue weighted by atomic mass is 9.94. The van der Waals surface area contributed by atoms with Crippen molar-refractivity contribution in [2.45, 2.75) is 82.4 Å². The third-order valence-electron chi connectivity index (χ3n) is 6.11. The molecule has 1 N–H and O–H groups in total. The van der Waals surface area contributed by atoms with Crippen LogP contribution in [0.3, 0.4) is 0 Å². The second kappa shape index (κ2) is 12.0. The maximum atomic E-state index is 13.3. The van der Waals surface area contributed by atoms with E-state index < -0.39 is 10.0 Å². The Morgan fingerprint density at radius 1 is 0.844 bits per heavy atom. The molecule has 1 aromatic heterocycles. The van der Waals surface area contributed by atoms with E-state index >= 15 is 0 Å². The Morgan fingerprint density at radius 3 is 2.31 bits per heavy atom. The molecule has 0 radical (unpaired) electrons. The lowest BCUT2D eigenvalue weighted by Crippen LogP contribution is -2.16. The van der Waals surface area contributed by atoms with E-state index in [4.69, 9.17) is 0 Å². The van der Waals surface area contributed by atoms with Gasteiger partial charge in [0.2, 0.25) is 0 Å². The lowest BCUT2D eigenvalue weighted by Gasteiger charge is -2.18. The van der Waals surface area contributed by atoms with Crippen LogP contribution in [0, 0.1) is 0 Å². The van der Waals surface area contributed by atoms with Gasteiger partial charge in [-0.25, -0.2) is 8.42 Å². The fourth-order valence-electron chi connectivity index (χ4n) is 4.26. The van der Waals surface area contributed by atoms with E-state index in [1.807, 2.05) is 36.4 Å². The van der Waals surface area contributed by atoms with Crippen molar-refractivity contribution < 1.29 is 8.42 Å². The largest absolute Gasteiger partial charge is 0.277 e. The molecule has 0 aliphatic carbocycles. The molecular formula is C27H36N2O2S. The molecule has 0 saturated carbocycles. The molecule has 0 amide bonds. The van der Waals surface area contributed by atoms with Gasteiger partial charge in [0.25, 0.3) is 10.0 Å². The summed E-state index contributed by atoms with van der Waals surface area (Å²) in [4.78, 5) is 4.73. The Hall–Kier alpha value is -2.40. The lowest BCUT2D eigenvalue weighted by molar-refractivity contribution is 0.539. The molecule has 0 spiro atoms. The summed E-state index contributed by atoms with van der Waals surface area (Å²) in [5.41, 5.74) is 2.05. The van der Waals surface area contributed by atoms with E-state index in [1.165, 1.54) is 44.9 Å². The molecule has 0 saturated heterocycles. The normalized spacial score (nSPS) is 12.7. The number of unbranched alkanes of at least 4 members (excludes halogenated alkanes) is 7. The summed E-state index contributed by atoms with van der Waals surface area (Å²) in [5.74, 6) is 0.188. The molecule has 0 fully saturated rings. The maximum absolute atomic E-state index is 13.3. The van der Waals surface area contributed by atoms with Gasteiger partial charge in [-0.15, -0.1) is 0 Å². The van der Waals surface area contributed by atoms with Crippen molar-refractivity contribution in [3.63, 3.8) is 0 Å². The van der Waals surface area contributed by atoms with Crippen LogP contribution < -0.4 is 4.72 Å². The molecule has 1 atom stereocenters. The van der Waals surface area contributed by atoms with Gasteiger partial charge >= 0.3 is 0 Å². The van der Waals surface area contributed by atoms with Crippen molar-refractivity contribution in [1.82, 2.24) is 4.98 Å². The van der Waals surface area contributed by atoms with Gasteiger partial charge in [-0.1, -0.05) is 102 Å². The zero-order valence-corrected chi connectivity index (χ0v) is 20.2. The zero-order chi connectivity index (χ0) is 22.8. The first-order valence-electron chi connectivity index (χ1n) is 12.0. The van der Waals surface area contributed by atoms with Crippen molar-refractivity contribution >= 4 is 26.6 Å². The van der Waals surface area contributed by atoms with E-state index in [9.17, 15) is 8.42 Å². The minimum Gasteiger partial charge on any atom is -0.277 e. The van der Waals surface area contributed by atoms with Crippen LogP contribution in [0.15, 0.2) is 65.7 Å². The molecule has 3 rings (SSSR count). The molecule has 5 heteroatoms. The van der Waals surface area contributed by atoms with Gasteiger partial charge in [-0.05, 0) is 36.1 Å². The smallest absolute Gasteiger partial charge is 0.262 e. The Bertz CT molecular complexity index is 1090. The Balaban J connectivity index is 1.66. The second-order valence-electron chi connectivity index (χ2n) is 8.69. The van der Waals surface area contributed by atoms with Crippen LogP contribution in [0.4, 0.5) is 5.69 Å². The number of aromatic nitrogens is 1. The quantitative estimate of drug-likeness (QED) is 0.271. The number of hydrogen-bond donors (Lipinski definition) is 1. The summed E-state index contributed by atoms with van der Waals surface area (Å²) < 4.78 is 29.4. The summed E-state index contributed by atoms with van der Waals surface area (Å²) in [6.07, 6.45) is 12.9. The second-order valence-corrected chi connectivity index (χ2v) is 10.3. The van der Waals surface area contributed by atoms with Gasteiger partial charge in [0.15, 0.2) is 0 Å². The van der Waals surface area contributed by atoms with Crippen molar-refractivity contribution in [3.05, 3.63) is 66.4 Å². The molecule has 1 unspecified atom stereocenters. The van der Waals surface area contributed by atoms with Gasteiger partial charge in [-0.2, -0.15) is 0 Å². The maximum Gasteiger partial charge on any atom is 0.262 e. The summed E-state index contributed by atoms with van der Waals surface area (Å²) >= 11 is 0. The van der Waals surface area contributed by atoms with E-state index in [0.29, 0.717) is 16.1 Å². The molecule has 4 nitrogen and oxygen atoms in total. The number of nitrogens with zero attached hydrogens (tertiary/aromatic N) is 1. The third-order valence-corrected chi connectivity index (χ3v) is 7.55. The first-order chi connectivity index (χ1) is 15.5. The standard InChI is InChI=1S/C27H36N2O2S/c1-3-4-5-6-7-8-9-10-15-22(2)24-18-11-12-20-26(24)32(30,31)29-25-19-13-16-23-17-14-21-28-27(23)25/h11-14,16-22,29H,3-10,15H2,1-2H3. The summed E-state index contributed by atoms with van der Waals surface area (Å²) in [6.45, 7) is 4.38. The number of benzene rings is 2. The average molecular weight is 453 g/mol. The Labute approximate surface area is 193 Å². The Morgan fingerprint density at radius 2 is 1.53 bits per heavy atom. The SMILES string of the molecule is CCCCCCCCCCC(C)c1ccccc1S(=O)(=O)Nc1cccc2cccnc12. The molecule has 3 aromatic rings. The predicted octanol–water partition coefficient (Wildman–Crippen LogP) is 7.67. The van der Waals surface area contributed by atoms with Crippen molar-refractivity contribution in [2.75, 3.05) is 4.72 Å². The van der Waals surface area contributed by atoms with E-state index in [-0.39, 0.29) is 5.92 Å². The van der Waals surface area contributed by atoms with Crippen LogP contribution in [-0.4, -0.2) is 13.4 Å². The number of rotatable bonds is 13. The fraction of sp³-hybridized carbons (Fsp3) is 0.444. The molecular weight excluding hydrogens is 416 g/mol. The van der Waals surface area contributed by atoms with Crippen LogP contribution in [0.5, 0.6) is 0 Å². The molecule has 0 aliphatic heterocycles. The van der Waals surface area contributed by atoms with Crippen molar-refractivity contribution in [2.24, 2.45) is 0 Å². The first kappa shape index (κ1) is 24.2. The fourth-order valence-corrected chi connectivity index (χ4v) is 5.66. The number of anilines is 1. The van der Waals surface area contributed by atoms with Crippen LogP contribution in [-0.2, 0) is 10.0 Å². The number of para-hydroxylation sites is 1. The predicted molar refractivity (Wildman–Crippen MR) is 135 cm³/mol. The van der Waals surface area contributed by atoms with Gasteiger partial charge in [0.05, 0.1) is 16.1 Å². The molecule has 2 aromatic carbocycles. The van der Waals surface area contributed by atoms with E-state index in [1.54, 1.807) is 24.4 Å². The summed E-state index contributed by atoms with van der Waals surface area (Å²) in [6, 6.07) is 16.7. The topological polar surface area (TPSA) is 59.1 Å². The van der Waals surface area contributed by atoms with Crippen LogP contribution in [0.1, 0.15) is 83.1 Å². The number of fused-ring (bicyclic) bond motifs is 1. The van der Waals surface area contributed by atoms with Gasteiger partial charge in [0, 0.05) is 11.6 Å². The van der Waals surface area contributed by atoms with Gasteiger partial charge in [0.1, 0.15) is 0 Å².